The van der Waals surface area contributed by atoms with Crippen molar-refractivity contribution in [3.05, 3.63) is 29.8 Å². The summed E-state index contributed by atoms with van der Waals surface area (Å²) >= 11 is 0. The monoisotopic (exact) mass is 291 g/mol. The highest BCUT2D eigenvalue weighted by atomic mass is 16.5. The fraction of sp³-hybridized carbons (Fsp3) is 0.667. The Hall–Kier alpha value is -1.06. The van der Waals surface area contributed by atoms with Crippen LogP contribution in [0.4, 0.5) is 0 Å². The lowest BCUT2D eigenvalue weighted by Gasteiger charge is -2.33. The molecule has 0 radical (unpaired) electrons. The third-order valence-electron chi connectivity index (χ3n) is 4.41. The van der Waals surface area contributed by atoms with Crippen molar-refractivity contribution in [1.82, 2.24) is 5.32 Å². The molecule has 1 heterocycles. The number of benzene rings is 1. The van der Waals surface area contributed by atoms with Crippen LogP contribution >= 0.6 is 0 Å². The molecule has 1 saturated heterocycles. The van der Waals surface area contributed by atoms with E-state index in [4.69, 9.17) is 9.47 Å². The van der Waals surface area contributed by atoms with Crippen molar-refractivity contribution in [2.45, 2.75) is 58.3 Å². The van der Waals surface area contributed by atoms with E-state index in [-0.39, 0.29) is 17.2 Å². The Morgan fingerprint density at radius 3 is 2.48 bits per heavy atom. The average molecular weight is 291 g/mol. The van der Waals surface area contributed by atoms with E-state index in [1.165, 1.54) is 5.56 Å². The first-order chi connectivity index (χ1) is 9.80. The van der Waals surface area contributed by atoms with Crippen LogP contribution in [0.15, 0.2) is 24.3 Å². The minimum atomic E-state index is -0.156. The number of ether oxygens (including phenoxy) is 2. The number of hydrogen-bond acceptors (Lipinski definition) is 3. The largest absolute Gasteiger partial charge is 0.494 e. The molecule has 1 aromatic rings. The van der Waals surface area contributed by atoms with Gasteiger partial charge in [-0.15, -0.1) is 0 Å². The second-order valence-corrected chi connectivity index (χ2v) is 7.01. The van der Waals surface area contributed by atoms with Gasteiger partial charge in [0.15, 0.2) is 0 Å². The summed E-state index contributed by atoms with van der Waals surface area (Å²) in [5.41, 5.74) is 0.988. The van der Waals surface area contributed by atoms with Gasteiger partial charge in [-0.1, -0.05) is 18.2 Å². The van der Waals surface area contributed by atoms with Crippen LogP contribution in [-0.4, -0.2) is 24.9 Å². The van der Waals surface area contributed by atoms with E-state index in [0.717, 1.165) is 12.2 Å². The SMILES string of the molecule is CCOc1ccccc1C(NC)C1CC(C)(C)OC1(C)C. The van der Waals surface area contributed by atoms with Gasteiger partial charge in [0.25, 0.3) is 0 Å². The van der Waals surface area contributed by atoms with Gasteiger partial charge in [-0.25, -0.2) is 0 Å². The highest BCUT2D eigenvalue weighted by Crippen LogP contribution is 2.48. The Morgan fingerprint density at radius 2 is 1.95 bits per heavy atom. The third-order valence-corrected chi connectivity index (χ3v) is 4.41. The van der Waals surface area contributed by atoms with E-state index in [1.54, 1.807) is 0 Å². The summed E-state index contributed by atoms with van der Waals surface area (Å²) in [5, 5.41) is 3.49. The Bertz CT molecular complexity index is 482. The van der Waals surface area contributed by atoms with Crippen molar-refractivity contribution >= 4 is 0 Å². The molecule has 2 unspecified atom stereocenters. The number of nitrogens with one attached hydrogen (secondary N) is 1. The van der Waals surface area contributed by atoms with Crippen LogP contribution in [0.25, 0.3) is 0 Å². The molecule has 1 fully saturated rings. The van der Waals surface area contributed by atoms with E-state index in [2.05, 4.69) is 51.2 Å². The highest BCUT2D eigenvalue weighted by Gasteiger charge is 2.49. The molecule has 1 aromatic carbocycles. The van der Waals surface area contributed by atoms with Gasteiger partial charge in [-0.05, 0) is 54.2 Å². The Morgan fingerprint density at radius 1 is 1.29 bits per heavy atom. The topological polar surface area (TPSA) is 30.5 Å². The van der Waals surface area contributed by atoms with E-state index in [9.17, 15) is 0 Å². The predicted octanol–water partition coefficient (Wildman–Crippen LogP) is 3.94. The molecular weight excluding hydrogens is 262 g/mol. The van der Waals surface area contributed by atoms with E-state index < -0.39 is 0 Å². The quantitative estimate of drug-likeness (QED) is 0.891. The van der Waals surface area contributed by atoms with Gasteiger partial charge in [0, 0.05) is 17.5 Å². The number of hydrogen-bond donors (Lipinski definition) is 1. The Balaban J connectivity index is 2.36. The second kappa shape index (κ2) is 5.98. The molecule has 0 spiro atoms. The summed E-state index contributed by atoms with van der Waals surface area (Å²) < 4.78 is 12.1. The highest BCUT2D eigenvalue weighted by molar-refractivity contribution is 5.37. The standard InChI is InChI=1S/C18H29NO2/c1-7-20-15-11-9-8-10-13(15)16(19-6)14-12-17(2,3)21-18(14,4)5/h8-11,14,16,19H,7,12H2,1-6H3. The molecule has 1 aliphatic heterocycles. The Labute approximate surface area is 129 Å². The van der Waals surface area contributed by atoms with Crippen molar-refractivity contribution in [3.8, 4) is 5.75 Å². The van der Waals surface area contributed by atoms with E-state index in [0.29, 0.717) is 12.5 Å². The first-order valence-corrected chi connectivity index (χ1v) is 7.90. The lowest BCUT2D eigenvalue weighted by Crippen LogP contribution is -2.37. The second-order valence-electron chi connectivity index (χ2n) is 7.01. The number of rotatable bonds is 5. The van der Waals surface area contributed by atoms with Crippen LogP contribution in [0.2, 0.25) is 0 Å². The van der Waals surface area contributed by atoms with Crippen LogP contribution < -0.4 is 10.1 Å². The van der Waals surface area contributed by atoms with Crippen molar-refractivity contribution in [1.29, 1.82) is 0 Å². The summed E-state index contributed by atoms with van der Waals surface area (Å²) in [5.74, 6) is 1.37. The summed E-state index contributed by atoms with van der Waals surface area (Å²) in [7, 11) is 2.02. The van der Waals surface area contributed by atoms with Gasteiger partial charge in [-0.2, -0.15) is 0 Å². The minimum Gasteiger partial charge on any atom is -0.494 e. The van der Waals surface area contributed by atoms with Gasteiger partial charge in [0.2, 0.25) is 0 Å². The molecule has 0 amide bonds. The molecule has 0 aliphatic carbocycles. The van der Waals surface area contributed by atoms with Crippen molar-refractivity contribution in [2.75, 3.05) is 13.7 Å². The normalized spacial score (nSPS) is 24.8. The molecule has 0 saturated carbocycles. The molecule has 2 atom stereocenters. The third kappa shape index (κ3) is 3.41. The summed E-state index contributed by atoms with van der Waals surface area (Å²) in [6, 6.07) is 8.55. The van der Waals surface area contributed by atoms with Crippen molar-refractivity contribution in [3.63, 3.8) is 0 Å². The average Bonchev–Trinajstić information content (AvgIpc) is 2.61. The van der Waals surface area contributed by atoms with Crippen LogP contribution in [0.3, 0.4) is 0 Å². The van der Waals surface area contributed by atoms with Gasteiger partial charge in [0.1, 0.15) is 5.75 Å². The maximum atomic E-state index is 6.27. The zero-order valence-corrected chi connectivity index (χ0v) is 14.2. The molecular formula is C18H29NO2. The summed E-state index contributed by atoms with van der Waals surface area (Å²) in [4.78, 5) is 0. The molecule has 3 nitrogen and oxygen atoms in total. The van der Waals surface area contributed by atoms with Crippen LogP contribution in [0, 0.1) is 5.92 Å². The Kier molecular flexibility index (Phi) is 4.64. The number of para-hydroxylation sites is 1. The minimum absolute atomic E-state index is 0.0795. The van der Waals surface area contributed by atoms with Crippen molar-refractivity contribution in [2.24, 2.45) is 5.92 Å². The molecule has 21 heavy (non-hydrogen) atoms. The zero-order valence-electron chi connectivity index (χ0n) is 14.2. The summed E-state index contributed by atoms with van der Waals surface area (Å²) in [6.45, 7) is 11.5. The molecule has 1 N–H and O–H groups in total. The first-order valence-electron chi connectivity index (χ1n) is 7.90. The van der Waals surface area contributed by atoms with Gasteiger partial charge in [-0.3, -0.25) is 0 Å². The summed E-state index contributed by atoms with van der Waals surface area (Å²) in [6.07, 6.45) is 1.03. The molecule has 0 bridgehead atoms. The van der Waals surface area contributed by atoms with Crippen molar-refractivity contribution < 1.29 is 9.47 Å². The van der Waals surface area contributed by atoms with Gasteiger partial charge >= 0.3 is 0 Å². The van der Waals surface area contributed by atoms with E-state index in [1.807, 2.05) is 20.0 Å². The first kappa shape index (κ1) is 16.3. The molecule has 3 heteroatoms. The smallest absolute Gasteiger partial charge is 0.124 e. The lowest BCUT2D eigenvalue weighted by atomic mass is 9.78. The van der Waals surface area contributed by atoms with Crippen LogP contribution in [0.5, 0.6) is 5.75 Å². The fourth-order valence-corrected chi connectivity index (χ4v) is 3.72. The zero-order chi connectivity index (χ0) is 15.7. The fourth-order valence-electron chi connectivity index (χ4n) is 3.72. The lowest BCUT2D eigenvalue weighted by molar-refractivity contribution is -0.0777. The predicted molar refractivity (Wildman–Crippen MR) is 86.8 cm³/mol. The maximum Gasteiger partial charge on any atom is 0.124 e. The maximum absolute atomic E-state index is 6.27. The van der Waals surface area contributed by atoms with Crippen LogP contribution in [-0.2, 0) is 4.74 Å². The molecule has 1 aliphatic rings. The van der Waals surface area contributed by atoms with Gasteiger partial charge in [0.05, 0.1) is 17.8 Å². The van der Waals surface area contributed by atoms with E-state index >= 15 is 0 Å². The molecule has 118 valence electrons. The van der Waals surface area contributed by atoms with Gasteiger partial charge < -0.3 is 14.8 Å². The molecule has 0 aromatic heterocycles. The molecule has 2 rings (SSSR count). The van der Waals surface area contributed by atoms with Crippen LogP contribution in [0.1, 0.15) is 52.6 Å².